The van der Waals surface area contributed by atoms with Gasteiger partial charge in [-0.1, -0.05) is 31.5 Å². The summed E-state index contributed by atoms with van der Waals surface area (Å²) in [6.45, 7) is 5.12. The highest BCUT2D eigenvalue weighted by molar-refractivity contribution is 5.92. The van der Waals surface area contributed by atoms with Gasteiger partial charge in [-0.25, -0.2) is 4.79 Å². The molecule has 2 unspecified atom stereocenters. The molecule has 0 saturated carbocycles. The van der Waals surface area contributed by atoms with Gasteiger partial charge in [0.2, 0.25) is 11.8 Å². The van der Waals surface area contributed by atoms with Crippen molar-refractivity contribution in [3.8, 4) is 0 Å². The van der Waals surface area contributed by atoms with E-state index in [9.17, 15) is 19.5 Å². The van der Waals surface area contributed by atoms with Gasteiger partial charge < -0.3 is 15.3 Å². The standard InChI is InChI=1S/C20H28N2O4/c1-3-4-11-21-19(24)16-10-9-14(2)22(13-16)18(23)12-15-7-5-6-8-17(15)20(25)26/h5-8,14,16H,3-4,9-13H2,1-2H3,(H,21,24)(H,25,26). The molecule has 142 valence electrons. The molecule has 1 aromatic carbocycles. The largest absolute Gasteiger partial charge is 0.478 e. The van der Waals surface area contributed by atoms with Crippen LogP contribution in [-0.2, 0) is 16.0 Å². The Morgan fingerprint density at radius 3 is 2.65 bits per heavy atom. The molecular weight excluding hydrogens is 332 g/mol. The molecule has 2 rings (SSSR count). The first-order valence-electron chi connectivity index (χ1n) is 9.32. The first kappa shape index (κ1) is 19.9. The van der Waals surface area contributed by atoms with Crippen molar-refractivity contribution >= 4 is 17.8 Å². The van der Waals surface area contributed by atoms with Gasteiger partial charge in [-0.15, -0.1) is 0 Å². The molecule has 2 N–H and O–H groups in total. The lowest BCUT2D eigenvalue weighted by Gasteiger charge is -2.37. The van der Waals surface area contributed by atoms with Gasteiger partial charge in [0, 0.05) is 19.1 Å². The average Bonchev–Trinajstić information content (AvgIpc) is 2.62. The minimum Gasteiger partial charge on any atom is -0.478 e. The summed E-state index contributed by atoms with van der Waals surface area (Å²) in [6.07, 6.45) is 3.56. The number of nitrogens with zero attached hydrogens (tertiary/aromatic N) is 1. The molecule has 26 heavy (non-hydrogen) atoms. The fourth-order valence-corrected chi connectivity index (χ4v) is 3.35. The van der Waals surface area contributed by atoms with Crippen LogP contribution in [-0.4, -0.2) is 46.9 Å². The number of hydrogen-bond donors (Lipinski definition) is 2. The zero-order valence-corrected chi connectivity index (χ0v) is 15.5. The van der Waals surface area contributed by atoms with E-state index in [0.717, 1.165) is 25.7 Å². The molecule has 6 nitrogen and oxygen atoms in total. The smallest absolute Gasteiger partial charge is 0.335 e. The second-order valence-electron chi connectivity index (χ2n) is 6.95. The lowest BCUT2D eigenvalue weighted by molar-refractivity contribution is -0.137. The number of aromatic carboxylic acids is 1. The minimum atomic E-state index is -1.03. The van der Waals surface area contributed by atoms with E-state index < -0.39 is 5.97 Å². The molecule has 2 atom stereocenters. The number of carbonyl (C=O) groups is 3. The van der Waals surface area contributed by atoms with Crippen molar-refractivity contribution < 1.29 is 19.5 Å². The molecule has 2 amide bonds. The fourth-order valence-electron chi connectivity index (χ4n) is 3.35. The van der Waals surface area contributed by atoms with Crippen LogP contribution in [0, 0.1) is 5.92 Å². The highest BCUT2D eigenvalue weighted by atomic mass is 16.4. The number of carboxylic acid groups (broad SMARTS) is 1. The Morgan fingerprint density at radius 2 is 1.96 bits per heavy atom. The third-order valence-corrected chi connectivity index (χ3v) is 4.99. The Hall–Kier alpha value is -2.37. The van der Waals surface area contributed by atoms with Crippen LogP contribution in [0.4, 0.5) is 0 Å². The quantitative estimate of drug-likeness (QED) is 0.731. The Kier molecular flexibility index (Phi) is 7.18. The van der Waals surface area contributed by atoms with Crippen LogP contribution in [0.5, 0.6) is 0 Å². The topological polar surface area (TPSA) is 86.7 Å². The van der Waals surface area contributed by atoms with Crippen LogP contribution in [0.3, 0.4) is 0 Å². The summed E-state index contributed by atoms with van der Waals surface area (Å²) in [6, 6.07) is 6.62. The Labute approximate surface area is 154 Å². The number of carboxylic acids is 1. The molecule has 0 radical (unpaired) electrons. The molecule has 1 saturated heterocycles. The molecule has 1 fully saturated rings. The Bertz CT molecular complexity index is 659. The van der Waals surface area contributed by atoms with Gasteiger partial charge in [0.25, 0.3) is 0 Å². The van der Waals surface area contributed by atoms with E-state index in [0.29, 0.717) is 18.7 Å². The highest BCUT2D eigenvalue weighted by Gasteiger charge is 2.32. The van der Waals surface area contributed by atoms with Crippen molar-refractivity contribution in [2.24, 2.45) is 5.92 Å². The van der Waals surface area contributed by atoms with Gasteiger partial charge in [-0.05, 0) is 37.8 Å². The summed E-state index contributed by atoms with van der Waals surface area (Å²) in [5, 5.41) is 12.2. The van der Waals surface area contributed by atoms with Crippen molar-refractivity contribution in [2.45, 2.75) is 52.0 Å². The van der Waals surface area contributed by atoms with Gasteiger partial charge in [-0.2, -0.15) is 0 Å². The van der Waals surface area contributed by atoms with E-state index >= 15 is 0 Å². The normalized spacial score (nSPS) is 19.8. The fraction of sp³-hybridized carbons (Fsp3) is 0.550. The Morgan fingerprint density at radius 1 is 1.23 bits per heavy atom. The molecule has 1 aromatic rings. The maximum atomic E-state index is 12.8. The van der Waals surface area contributed by atoms with Gasteiger partial charge in [0.1, 0.15) is 0 Å². The number of hydrogen-bond acceptors (Lipinski definition) is 3. The third-order valence-electron chi connectivity index (χ3n) is 4.99. The van der Waals surface area contributed by atoms with Gasteiger partial charge >= 0.3 is 5.97 Å². The van der Waals surface area contributed by atoms with E-state index in [1.807, 2.05) is 6.92 Å². The van der Waals surface area contributed by atoms with Gasteiger partial charge in [0.15, 0.2) is 0 Å². The van der Waals surface area contributed by atoms with E-state index in [-0.39, 0.29) is 35.8 Å². The SMILES string of the molecule is CCCCNC(=O)C1CCC(C)N(C(=O)Cc2ccccc2C(=O)O)C1. The predicted molar refractivity (Wildman–Crippen MR) is 98.9 cm³/mol. The zero-order chi connectivity index (χ0) is 19.1. The predicted octanol–water partition coefficient (Wildman–Crippen LogP) is 2.47. The molecule has 0 aromatic heterocycles. The van der Waals surface area contributed by atoms with E-state index in [2.05, 4.69) is 12.2 Å². The van der Waals surface area contributed by atoms with Crippen LogP contribution in [0.15, 0.2) is 24.3 Å². The summed E-state index contributed by atoms with van der Waals surface area (Å²) in [4.78, 5) is 38.2. The maximum Gasteiger partial charge on any atom is 0.335 e. The number of likely N-dealkylation sites (tertiary alicyclic amines) is 1. The number of piperidine rings is 1. The second kappa shape index (κ2) is 9.36. The molecular formula is C20H28N2O4. The average molecular weight is 360 g/mol. The van der Waals surface area contributed by atoms with Crippen molar-refractivity contribution in [1.82, 2.24) is 10.2 Å². The molecule has 1 heterocycles. The van der Waals surface area contributed by atoms with Crippen LogP contribution >= 0.6 is 0 Å². The van der Waals surface area contributed by atoms with Gasteiger partial charge in [-0.3, -0.25) is 9.59 Å². The molecule has 6 heteroatoms. The summed E-state index contributed by atoms with van der Waals surface area (Å²) < 4.78 is 0. The summed E-state index contributed by atoms with van der Waals surface area (Å²) in [5.41, 5.74) is 0.658. The molecule has 1 aliphatic heterocycles. The summed E-state index contributed by atoms with van der Waals surface area (Å²) in [5.74, 6) is -1.35. The molecule has 0 bridgehead atoms. The number of nitrogens with one attached hydrogen (secondary N) is 1. The van der Waals surface area contributed by atoms with Crippen molar-refractivity contribution in [3.05, 3.63) is 35.4 Å². The molecule has 0 spiro atoms. The van der Waals surface area contributed by atoms with Crippen LogP contribution in [0.2, 0.25) is 0 Å². The monoisotopic (exact) mass is 360 g/mol. The van der Waals surface area contributed by atoms with Crippen molar-refractivity contribution in [3.63, 3.8) is 0 Å². The van der Waals surface area contributed by atoms with Crippen LogP contribution in [0.25, 0.3) is 0 Å². The zero-order valence-electron chi connectivity index (χ0n) is 15.5. The summed E-state index contributed by atoms with van der Waals surface area (Å²) in [7, 11) is 0. The maximum absolute atomic E-state index is 12.8. The Balaban J connectivity index is 2.03. The molecule has 0 aliphatic carbocycles. The molecule has 1 aliphatic rings. The number of carbonyl (C=O) groups excluding carboxylic acids is 2. The third kappa shape index (κ3) is 5.07. The second-order valence-corrected chi connectivity index (χ2v) is 6.95. The minimum absolute atomic E-state index is 0.00841. The van der Waals surface area contributed by atoms with E-state index in [4.69, 9.17) is 0 Å². The number of benzene rings is 1. The lowest BCUT2D eigenvalue weighted by atomic mass is 9.91. The van der Waals surface area contributed by atoms with Crippen molar-refractivity contribution in [2.75, 3.05) is 13.1 Å². The lowest BCUT2D eigenvalue weighted by Crippen LogP contribution is -2.50. The number of amides is 2. The van der Waals surface area contributed by atoms with E-state index in [1.165, 1.54) is 6.07 Å². The van der Waals surface area contributed by atoms with Gasteiger partial charge in [0.05, 0.1) is 17.9 Å². The van der Waals surface area contributed by atoms with Crippen LogP contribution < -0.4 is 5.32 Å². The number of rotatable bonds is 7. The first-order chi connectivity index (χ1) is 12.4. The van der Waals surface area contributed by atoms with E-state index in [1.54, 1.807) is 23.1 Å². The van der Waals surface area contributed by atoms with Crippen LogP contribution in [0.1, 0.15) is 55.5 Å². The summed E-state index contributed by atoms with van der Waals surface area (Å²) >= 11 is 0. The van der Waals surface area contributed by atoms with Crippen molar-refractivity contribution in [1.29, 1.82) is 0 Å². The number of unbranched alkanes of at least 4 members (excludes halogenated alkanes) is 1. The highest BCUT2D eigenvalue weighted by Crippen LogP contribution is 2.23. The first-order valence-corrected chi connectivity index (χ1v) is 9.32.